The first-order valence-electron chi connectivity index (χ1n) is 6.18. The number of esters is 1. The van der Waals surface area contributed by atoms with Crippen molar-refractivity contribution in [3.8, 4) is 0 Å². The van der Waals surface area contributed by atoms with Crippen LogP contribution >= 0.6 is 11.8 Å². The third-order valence-corrected chi connectivity index (χ3v) is 4.14. The molecule has 0 aliphatic heterocycles. The number of nitrogens with zero attached hydrogens (tertiary/aromatic N) is 3. The molecule has 0 saturated heterocycles. The Labute approximate surface area is 118 Å². The minimum absolute atomic E-state index is 0.227. The summed E-state index contributed by atoms with van der Waals surface area (Å²) in [6, 6.07) is 0.234. The number of carbonyl (C=O) groups excluding carboxylic acids is 1. The van der Waals surface area contributed by atoms with Gasteiger partial charge < -0.3 is 15.0 Å². The predicted octanol–water partition coefficient (Wildman–Crippen LogP) is 1.61. The molecule has 0 atom stereocenters. The summed E-state index contributed by atoms with van der Waals surface area (Å²) >= 11 is 1.50. The maximum atomic E-state index is 11.6. The lowest BCUT2D eigenvalue weighted by molar-refractivity contribution is -0.149. The van der Waals surface area contributed by atoms with Crippen molar-refractivity contribution in [1.29, 1.82) is 0 Å². The Kier molecular flexibility index (Phi) is 5.37. The molecule has 0 spiro atoms. The summed E-state index contributed by atoms with van der Waals surface area (Å²) in [5, 5.41) is 9.00. The normalized spacial score (nSPS) is 11.9. The van der Waals surface area contributed by atoms with Gasteiger partial charge in [-0.05, 0) is 27.7 Å². The Hall–Kier alpha value is -1.08. The first-order valence-corrected chi connectivity index (χ1v) is 7.17. The Bertz CT molecular complexity index is 443. The van der Waals surface area contributed by atoms with Crippen molar-refractivity contribution in [3.05, 3.63) is 5.82 Å². The average Bonchev–Trinajstić information content (AvgIpc) is 2.78. The zero-order valence-electron chi connectivity index (χ0n) is 12.1. The molecule has 108 valence electrons. The van der Waals surface area contributed by atoms with Gasteiger partial charge in [0.1, 0.15) is 5.82 Å². The second kappa shape index (κ2) is 6.38. The van der Waals surface area contributed by atoms with Crippen molar-refractivity contribution in [2.24, 2.45) is 11.1 Å². The van der Waals surface area contributed by atoms with Gasteiger partial charge in [0.2, 0.25) is 0 Å². The monoisotopic (exact) mass is 286 g/mol. The van der Waals surface area contributed by atoms with E-state index in [0.29, 0.717) is 12.3 Å². The fourth-order valence-electron chi connectivity index (χ4n) is 1.64. The second-order valence-corrected chi connectivity index (χ2v) is 6.17. The van der Waals surface area contributed by atoms with Crippen LogP contribution in [0.4, 0.5) is 0 Å². The van der Waals surface area contributed by atoms with Gasteiger partial charge >= 0.3 is 5.97 Å². The summed E-state index contributed by atoms with van der Waals surface area (Å²) in [5.41, 5.74) is 5.09. The first-order chi connectivity index (χ1) is 8.83. The van der Waals surface area contributed by atoms with E-state index in [0.717, 1.165) is 11.0 Å². The van der Waals surface area contributed by atoms with Crippen molar-refractivity contribution in [1.82, 2.24) is 14.8 Å². The predicted molar refractivity (Wildman–Crippen MR) is 74.8 cm³/mol. The molecule has 0 bridgehead atoms. The second-order valence-electron chi connectivity index (χ2n) is 5.23. The quantitative estimate of drug-likeness (QED) is 0.632. The molecule has 1 aromatic rings. The standard InChI is InChI=1S/C12H22N4O2S/c1-8(2)16-9(6-13)14-15-11(16)19-7-12(3,4)10(17)18-5/h8H,6-7,13H2,1-5H3. The highest BCUT2D eigenvalue weighted by molar-refractivity contribution is 7.99. The zero-order chi connectivity index (χ0) is 14.6. The van der Waals surface area contributed by atoms with Gasteiger partial charge in [0.25, 0.3) is 0 Å². The van der Waals surface area contributed by atoms with Crippen molar-refractivity contribution < 1.29 is 9.53 Å². The number of hydrogen-bond acceptors (Lipinski definition) is 6. The van der Waals surface area contributed by atoms with E-state index >= 15 is 0 Å². The van der Waals surface area contributed by atoms with E-state index in [9.17, 15) is 4.79 Å². The van der Waals surface area contributed by atoms with E-state index in [1.54, 1.807) is 0 Å². The van der Waals surface area contributed by atoms with Crippen molar-refractivity contribution in [2.75, 3.05) is 12.9 Å². The maximum Gasteiger partial charge on any atom is 0.312 e. The molecule has 1 aromatic heterocycles. The molecule has 0 amide bonds. The van der Waals surface area contributed by atoms with Gasteiger partial charge in [0.05, 0.1) is 19.1 Å². The Balaban J connectivity index is 2.84. The van der Waals surface area contributed by atoms with Crippen LogP contribution in [-0.4, -0.2) is 33.6 Å². The molecule has 0 fully saturated rings. The van der Waals surface area contributed by atoms with Crippen LogP contribution < -0.4 is 5.73 Å². The average molecular weight is 286 g/mol. The molecule has 6 nitrogen and oxygen atoms in total. The molecule has 0 saturated carbocycles. The third-order valence-electron chi connectivity index (χ3n) is 2.73. The molecule has 0 aliphatic rings. The number of rotatable bonds is 6. The number of nitrogens with two attached hydrogens (primary N) is 1. The van der Waals surface area contributed by atoms with E-state index < -0.39 is 5.41 Å². The molecule has 2 N–H and O–H groups in total. The Morgan fingerprint density at radius 2 is 2.11 bits per heavy atom. The van der Waals surface area contributed by atoms with Gasteiger partial charge in [-0.25, -0.2) is 0 Å². The highest BCUT2D eigenvalue weighted by Crippen LogP contribution is 2.29. The number of ether oxygens (including phenoxy) is 1. The molecule has 19 heavy (non-hydrogen) atoms. The van der Waals surface area contributed by atoms with Gasteiger partial charge in [-0.2, -0.15) is 0 Å². The third kappa shape index (κ3) is 3.70. The van der Waals surface area contributed by atoms with Crippen LogP contribution in [0.15, 0.2) is 5.16 Å². The van der Waals surface area contributed by atoms with Crippen LogP contribution in [0.1, 0.15) is 39.6 Å². The molecular formula is C12H22N4O2S. The molecular weight excluding hydrogens is 264 g/mol. The van der Waals surface area contributed by atoms with Crippen LogP contribution in [0.3, 0.4) is 0 Å². The van der Waals surface area contributed by atoms with Crippen LogP contribution in [0.25, 0.3) is 0 Å². The molecule has 1 rings (SSSR count). The summed E-state index contributed by atoms with van der Waals surface area (Å²) in [7, 11) is 1.40. The van der Waals surface area contributed by atoms with Gasteiger partial charge in [-0.3, -0.25) is 4.79 Å². The topological polar surface area (TPSA) is 83.0 Å². The zero-order valence-corrected chi connectivity index (χ0v) is 13.0. The van der Waals surface area contributed by atoms with Gasteiger partial charge in [0, 0.05) is 11.8 Å². The minimum Gasteiger partial charge on any atom is -0.469 e. The first kappa shape index (κ1) is 16.0. The van der Waals surface area contributed by atoms with Crippen molar-refractivity contribution in [3.63, 3.8) is 0 Å². The van der Waals surface area contributed by atoms with Gasteiger partial charge in [-0.1, -0.05) is 11.8 Å². The maximum absolute atomic E-state index is 11.6. The summed E-state index contributed by atoms with van der Waals surface area (Å²) in [6.07, 6.45) is 0. The number of methoxy groups -OCH3 is 1. The smallest absolute Gasteiger partial charge is 0.312 e. The lowest BCUT2D eigenvalue weighted by Gasteiger charge is -2.21. The fourth-order valence-corrected chi connectivity index (χ4v) is 2.81. The number of aromatic nitrogens is 3. The highest BCUT2D eigenvalue weighted by atomic mass is 32.2. The largest absolute Gasteiger partial charge is 0.469 e. The van der Waals surface area contributed by atoms with Crippen LogP contribution in [0, 0.1) is 5.41 Å². The van der Waals surface area contributed by atoms with E-state index in [1.807, 2.05) is 18.4 Å². The molecule has 1 heterocycles. The molecule has 0 aliphatic carbocycles. The molecule has 0 aromatic carbocycles. The highest BCUT2D eigenvalue weighted by Gasteiger charge is 2.30. The Morgan fingerprint density at radius 1 is 1.47 bits per heavy atom. The molecule has 7 heteroatoms. The van der Waals surface area contributed by atoms with E-state index in [-0.39, 0.29) is 12.0 Å². The Morgan fingerprint density at radius 3 is 2.58 bits per heavy atom. The van der Waals surface area contributed by atoms with Crippen molar-refractivity contribution in [2.45, 2.75) is 45.4 Å². The van der Waals surface area contributed by atoms with Crippen LogP contribution in [-0.2, 0) is 16.1 Å². The van der Waals surface area contributed by atoms with E-state index in [1.165, 1.54) is 18.9 Å². The summed E-state index contributed by atoms with van der Waals surface area (Å²) < 4.78 is 6.79. The fraction of sp³-hybridized carbons (Fsp3) is 0.750. The van der Waals surface area contributed by atoms with E-state index in [4.69, 9.17) is 10.5 Å². The molecule has 0 unspecified atom stereocenters. The number of hydrogen-bond donors (Lipinski definition) is 1. The number of carbonyl (C=O) groups is 1. The summed E-state index contributed by atoms with van der Waals surface area (Å²) in [6.45, 7) is 8.17. The van der Waals surface area contributed by atoms with Crippen LogP contribution in [0.5, 0.6) is 0 Å². The number of thioether (sulfide) groups is 1. The van der Waals surface area contributed by atoms with Crippen LogP contribution in [0.2, 0.25) is 0 Å². The van der Waals surface area contributed by atoms with Gasteiger partial charge in [0.15, 0.2) is 5.16 Å². The molecule has 0 radical (unpaired) electrons. The van der Waals surface area contributed by atoms with Crippen molar-refractivity contribution >= 4 is 17.7 Å². The lowest BCUT2D eigenvalue weighted by Crippen LogP contribution is -2.28. The minimum atomic E-state index is -0.559. The summed E-state index contributed by atoms with van der Waals surface area (Å²) in [4.78, 5) is 11.6. The lowest BCUT2D eigenvalue weighted by atomic mass is 9.97. The van der Waals surface area contributed by atoms with E-state index in [2.05, 4.69) is 24.0 Å². The van der Waals surface area contributed by atoms with Gasteiger partial charge in [-0.15, -0.1) is 10.2 Å². The SMILES string of the molecule is COC(=O)C(C)(C)CSc1nnc(CN)n1C(C)C. The summed E-state index contributed by atoms with van der Waals surface area (Å²) in [5.74, 6) is 1.11.